The van der Waals surface area contributed by atoms with Crippen LogP contribution in [-0.4, -0.2) is 32.7 Å². The summed E-state index contributed by atoms with van der Waals surface area (Å²) >= 11 is 6.14. The second kappa shape index (κ2) is 6.15. The fraction of sp³-hybridized carbons (Fsp3) is 0.154. The van der Waals surface area contributed by atoms with E-state index in [2.05, 4.69) is 0 Å². The number of nitrogens with zero attached hydrogens (tertiary/aromatic N) is 1. The Bertz CT molecular complexity index is 615. The molecule has 1 heterocycles. The van der Waals surface area contributed by atoms with E-state index in [0.717, 1.165) is 11.8 Å². The Morgan fingerprint density at radius 2 is 2.25 bits per heavy atom. The zero-order chi connectivity index (χ0) is 14.7. The van der Waals surface area contributed by atoms with Crippen LogP contribution in [0.5, 0.6) is 0 Å². The predicted molar refractivity (Wildman–Crippen MR) is 78.5 cm³/mol. The number of hydrogen-bond donors (Lipinski definition) is 1. The lowest BCUT2D eigenvalue weighted by molar-refractivity contribution is -0.137. The summed E-state index contributed by atoms with van der Waals surface area (Å²) in [6, 6.07) is 5.85. The van der Waals surface area contributed by atoms with Crippen molar-refractivity contribution in [3.8, 4) is 0 Å². The van der Waals surface area contributed by atoms with Gasteiger partial charge in [-0.15, -0.1) is 0 Å². The lowest BCUT2D eigenvalue weighted by Crippen LogP contribution is -2.30. The van der Waals surface area contributed by atoms with Crippen molar-refractivity contribution in [1.29, 1.82) is 0 Å². The van der Waals surface area contributed by atoms with Crippen molar-refractivity contribution >= 4 is 46.3 Å². The van der Waals surface area contributed by atoms with E-state index in [-0.39, 0.29) is 24.7 Å². The summed E-state index contributed by atoms with van der Waals surface area (Å²) in [6.07, 6.45) is 1.38. The third-order valence-electron chi connectivity index (χ3n) is 2.57. The van der Waals surface area contributed by atoms with Gasteiger partial charge in [-0.1, -0.05) is 36.1 Å². The molecule has 0 saturated carbocycles. The number of benzene rings is 1. The van der Waals surface area contributed by atoms with Crippen LogP contribution >= 0.6 is 24.0 Å². The summed E-state index contributed by atoms with van der Waals surface area (Å²) in [5.41, 5.74) is 0.559. The number of thioether (sulfide) groups is 1. The summed E-state index contributed by atoms with van der Waals surface area (Å²) in [5, 5.41) is 8.63. The molecule has 0 aliphatic carbocycles. The third-order valence-corrected chi connectivity index (χ3v) is 3.95. The van der Waals surface area contributed by atoms with E-state index >= 15 is 0 Å². The standard InChI is InChI=1S/C13H10FNO3S2/c14-9-3-1-2-8(6-9)7-10-12(18)15(13(19)20-10)5-4-11(16)17/h1-3,6-7H,4-5H2,(H,16,17)/b10-7+. The lowest BCUT2D eigenvalue weighted by atomic mass is 10.2. The van der Waals surface area contributed by atoms with Crippen LogP contribution in [0.4, 0.5) is 4.39 Å². The van der Waals surface area contributed by atoms with Gasteiger partial charge < -0.3 is 5.11 Å². The number of rotatable bonds is 4. The van der Waals surface area contributed by atoms with Crippen molar-refractivity contribution in [2.45, 2.75) is 6.42 Å². The predicted octanol–water partition coefficient (Wildman–Crippen LogP) is 2.50. The van der Waals surface area contributed by atoms with Crippen molar-refractivity contribution in [3.05, 3.63) is 40.6 Å². The summed E-state index contributed by atoms with van der Waals surface area (Å²) in [5.74, 6) is -1.72. The first-order valence-corrected chi connectivity index (χ1v) is 6.92. The molecule has 7 heteroatoms. The minimum atomic E-state index is -0.992. The Balaban J connectivity index is 2.17. The molecule has 1 aliphatic heterocycles. The summed E-state index contributed by atoms with van der Waals surface area (Å²) in [7, 11) is 0. The van der Waals surface area contributed by atoms with E-state index in [1.807, 2.05) is 0 Å². The number of hydrogen-bond acceptors (Lipinski definition) is 4. The summed E-state index contributed by atoms with van der Waals surface area (Å²) < 4.78 is 13.4. The van der Waals surface area contributed by atoms with Crippen LogP contribution in [-0.2, 0) is 9.59 Å². The van der Waals surface area contributed by atoms with Crippen molar-refractivity contribution in [3.63, 3.8) is 0 Å². The highest BCUT2D eigenvalue weighted by Crippen LogP contribution is 2.32. The van der Waals surface area contributed by atoms with E-state index in [9.17, 15) is 14.0 Å². The average Bonchev–Trinajstić information content (AvgIpc) is 2.62. The van der Waals surface area contributed by atoms with Crippen LogP contribution in [0.1, 0.15) is 12.0 Å². The van der Waals surface area contributed by atoms with Gasteiger partial charge in [-0.05, 0) is 23.8 Å². The van der Waals surface area contributed by atoms with Gasteiger partial charge in [0.1, 0.15) is 10.1 Å². The van der Waals surface area contributed by atoms with Gasteiger partial charge in [-0.25, -0.2) is 4.39 Å². The number of halogens is 1. The molecule has 1 N–H and O–H groups in total. The largest absolute Gasteiger partial charge is 0.481 e. The Labute approximate surface area is 124 Å². The number of carboxylic acids is 1. The van der Waals surface area contributed by atoms with Gasteiger partial charge in [-0.2, -0.15) is 0 Å². The number of aliphatic carboxylic acids is 1. The third kappa shape index (κ3) is 3.43. The second-order valence-electron chi connectivity index (χ2n) is 4.03. The molecule has 0 unspecified atom stereocenters. The SMILES string of the molecule is O=C(O)CCN1C(=O)/C(=C\c2cccc(F)c2)SC1=S. The van der Waals surface area contributed by atoms with Crippen LogP contribution in [0.2, 0.25) is 0 Å². The quantitative estimate of drug-likeness (QED) is 0.684. The fourth-order valence-electron chi connectivity index (χ4n) is 1.65. The van der Waals surface area contributed by atoms with Gasteiger partial charge in [0.25, 0.3) is 5.91 Å². The molecular weight excluding hydrogens is 301 g/mol. The van der Waals surface area contributed by atoms with Crippen LogP contribution in [0.15, 0.2) is 29.2 Å². The van der Waals surface area contributed by atoms with Crippen LogP contribution in [0.25, 0.3) is 6.08 Å². The number of amides is 1. The molecule has 1 saturated heterocycles. The van der Waals surface area contributed by atoms with E-state index < -0.39 is 5.97 Å². The lowest BCUT2D eigenvalue weighted by Gasteiger charge is -2.12. The molecule has 1 amide bonds. The molecule has 20 heavy (non-hydrogen) atoms. The van der Waals surface area contributed by atoms with E-state index in [1.165, 1.54) is 17.0 Å². The van der Waals surface area contributed by atoms with Gasteiger partial charge in [-0.3, -0.25) is 14.5 Å². The van der Waals surface area contributed by atoms with Crippen molar-refractivity contribution < 1.29 is 19.1 Å². The van der Waals surface area contributed by atoms with E-state index in [0.29, 0.717) is 14.8 Å². The first-order chi connectivity index (χ1) is 9.47. The highest BCUT2D eigenvalue weighted by Gasteiger charge is 2.31. The van der Waals surface area contributed by atoms with Crippen LogP contribution < -0.4 is 0 Å². The molecule has 2 rings (SSSR count). The van der Waals surface area contributed by atoms with Crippen molar-refractivity contribution in [1.82, 2.24) is 4.90 Å². The maximum atomic E-state index is 13.1. The zero-order valence-electron chi connectivity index (χ0n) is 10.2. The molecule has 0 bridgehead atoms. The minimum absolute atomic E-state index is 0.0422. The molecule has 0 spiro atoms. The van der Waals surface area contributed by atoms with Gasteiger partial charge in [0.15, 0.2) is 0 Å². The smallest absolute Gasteiger partial charge is 0.305 e. The Kier molecular flexibility index (Phi) is 4.51. The van der Waals surface area contributed by atoms with Crippen LogP contribution in [0, 0.1) is 5.82 Å². The highest BCUT2D eigenvalue weighted by atomic mass is 32.2. The minimum Gasteiger partial charge on any atom is -0.481 e. The van der Waals surface area contributed by atoms with Gasteiger partial charge in [0.2, 0.25) is 0 Å². The Morgan fingerprint density at radius 3 is 2.90 bits per heavy atom. The first-order valence-electron chi connectivity index (χ1n) is 5.70. The summed E-state index contributed by atoms with van der Waals surface area (Å²) in [4.78, 5) is 24.2. The number of carbonyl (C=O) groups excluding carboxylic acids is 1. The maximum Gasteiger partial charge on any atom is 0.305 e. The van der Waals surface area contributed by atoms with Gasteiger partial charge in [0.05, 0.1) is 11.3 Å². The topological polar surface area (TPSA) is 57.6 Å². The number of thiocarbonyl (C=S) groups is 1. The summed E-state index contributed by atoms with van der Waals surface area (Å²) in [6.45, 7) is 0.0422. The molecule has 4 nitrogen and oxygen atoms in total. The van der Waals surface area contributed by atoms with Crippen molar-refractivity contribution in [2.24, 2.45) is 0 Å². The molecule has 104 valence electrons. The fourth-order valence-corrected chi connectivity index (χ4v) is 2.96. The first kappa shape index (κ1) is 14.7. The molecule has 1 aromatic rings. The van der Waals surface area contributed by atoms with Gasteiger partial charge >= 0.3 is 5.97 Å². The number of carbonyl (C=O) groups is 2. The molecule has 1 aliphatic rings. The molecule has 0 atom stereocenters. The number of carboxylic acid groups (broad SMARTS) is 1. The Hall–Kier alpha value is -1.73. The molecule has 0 radical (unpaired) electrons. The van der Waals surface area contributed by atoms with Crippen molar-refractivity contribution in [2.75, 3.05) is 6.54 Å². The molecule has 1 aromatic carbocycles. The van der Waals surface area contributed by atoms with Crippen LogP contribution in [0.3, 0.4) is 0 Å². The molecular formula is C13H10FNO3S2. The average molecular weight is 311 g/mol. The Morgan fingerprint density at radius 1 is 1.50 bits per heavy atom. The second-order valence-corrected chi connectivity index (χ2v) is 5.71. The monoisotopic (exact) mass is 311 g/mol. The molecule has 0 aromatic heterocycles. The van der Waals surface area contributed by atoms with E-state index in [1.54, 1.807) is 18.2 Å². The zero-order valence-corrected chi connectivity index (χ0v) is 11.8. The highest BCUT2D eigenvalue weighted by molar-refractivity contribution is 8.26. The normalized spacial score (nSPS) is 17.1. The maximum absolute atomic E-state index is 13.1. The van der Waals surface area contributed by atoms with E-state index in [4.69, 9.17) is 17.3 Å². The van der Waals surface area contributed by atoms with Gasteiger partial charge in [0, 0.05) is 6.54 Å². The molecule has 1 fully saturated rings.